The van der Waals surface area contributed by atoms with Crippen LogP contribution in [-0.2, 0) is 18.6 Å². The predicted molar refractivity (Wildman–Crippen MR) is 50.6 cm³/mol. The first-order valence-corrected chi connectivity index (χ1v) is 5.75. The van der Waals surface area contributed by atoms with Gasteiger partial charge in [-0.1, -0.05) is 13.8 Å². The van der Waals surface area contributed by atoms with Crippen LogP contribution >= 0.6 is 7.60 Å². The molecule has 0 amide bonds. The lowest BCUT2D eigenvalue weighted by Gasteiger charge is -2.21. The summed E-state index contributed by atoms with van der Waals surface area (Å²) in [7, 11) is -2.77. The first-order chi connectivity index (χ1) is 6.31. The maximum atomic E-state index is 11.4. The monoisotopic (exact) mass is 225 g/mol. The molecule has 0 aliphatic carbocycles. The second-order valence-corrected chi connectivity index (χ2v) is 5.13. The summed E-state index contributed by atoms with van der Waals surface area (Å²) < 4.78 is 20.1. The quantitative estimate of drug-likeness (QED) is 0.515. The summed E-state index contributed by atoms with van der Waals surface area (Å²) in [6.45, 7) is 2.81. The van der Waals surface area contributed by atoms with Crippen LogP contribution in [0.25, 0.3) is 0 Å². The molecule has 0 aliphatic rings. The normalized spacial score (nSPS) is 17.6. The number of methoxy groups -OCH3 is 1. The number of carbonyl (C=O) groups is 1. The van der Waals surface area contributed by atoms with Gasteiger partial charge >= 0.3 is 13.6 Å². The van der Waals surface area contributed by atoms with Gasteiger partial charge in [-0.05, 0) is 5.92 Å². The fraction of sp³-hybridized carbons (Fsp3) is 0.857. The molecule has 2 atom stereocenters. The van der Waals surface area contributed by atoms with Crippen molar-refractivity contribution >= 4 is 13.6 Å². The highest BCUT2D eigenvalue weighted by Gasteiger charge is 2.32. The predicted octanol–water partition coefficient (Wildman–Crippen LogP) is 0.302. The Morgan fingerprint density at radius 2 is 2.07 bits per heavy atom. The number of rotatable bonds is 5. The highest BCUT2D eigenvalue weighted by atomic mass is 31.2. The molecule has 0 radical (unpaired) electrons. The van der Waals surface area contributed by atoms with Crippen LogP contribution in [0.15, 0.2) is 0 Å². The van der Waals surface area contributed by atoms with Gasteiger partial charge in [-0.2, -0.15) is 0 Å². The van der Waals surface area contributed by atoms with E-state index < -0.39 is 26.0 Å². The van der Waals surface area contributed by atoms with E-state index in [0.29, 0.717) is 0 Å². The maximum absolute atomic E-state index is 11.4. The molecule has 0 bridgehead atoms. The molecule has 7 heteroatoms. The molecule has 84 valence electrons. The van der Waals surface area contributed by atoms with E-state index in [4.69, 9.17) is 5.73 Å². The van der Waals surface area contributed by atoms with Gasteiger partial charge in [0.1, 0.15) is 5.78 Å². The number of nitrogens with two attached hydrogens (primary N) is 1. The molecule has 3 N–H and O–H groups in total. The summed E-state index contributed by atoms with van der Waals surface area (Å²) in [5.41, 5.74) is 5.43. The van der Waals surface area contributed by atoms with Crippen molar-refractivity contribution in [2.75, 3.05) is 13.7 Å². The molecular weight excluding hydrogens is 209 g/mol. The first kappa shape index (κ1) is 13.6. The Morgan fingerprint density at radius 1 is 1.57 bits per heavy atom. The van der Waals surface area contributed by atoms with Crippen molar-refractivity contribution in [2.45, 2.75) is 19.6 Å². The van der Waals surface area contributed by atoms with E-state index in [2.05, 4.69) is 9.26 Å². The van der Waals surface area contributed by atoms with Crippen molar-refractivity contribution in [3.8, 4) is 0 Å². The van der Waals surface area contributed by atoms with Crippen molar-refractivity contribution < 1.29 is 23.5 Å². The van der Waals surface area contributed by atoms with Gasteiger partial charge in [-0.15, -0.1) is 0 Å². The fourth-order valence-electron chi connectivity index (χ4n) is 0.667. The minimum atomic E-state index is -3.93. The largest absolute Gasteiger partial charge is 0.467 e. The standard InChI is InChI=1S/C7H16NO5P/c1-5(2)7(8)14(10,11)13-4-6(9)12-3/h5,7H,4,8H2,1-3H3,(H,10,11). The molecule has 0 aromatic carbocycles. The Labute approximate surface area is 82.9 Å². The van der Waals surface area contributed by atoms with E-state index in [-0.39, 0.29) is 5.92 Å². The third-order valence-corrected chi connectivity index (χ3v) is 3.50. The van der Waals surface area contributed by atoms with Crippen molar-refractivity contribution in [2.24, 2.45) is 11.7 Å². The van der Waals surface area contributed by atoms with Crippen LogP contribution in [0.4, 0.5) is 0 Å². The van der Waals surface area contributed by atoms with Crippen LogP contribution in [0, 0.1) is 5.92 Å². The third kappa shape index (κ3) is 4.19. The molecule has 0 aliphatic heterocycles. The lowest BCUT2D eigenvalue weighted by atomic mass is 10.2. The minimum absolute atomic E-state index is 0.205. The molecule has 0 heterocycles. The second kappa shape index (κ2) is 5.46. The number of ether oxygens (including phenoxy) is 1. The average Bonchev–Trinajstić information content (AvgIpc) is 2.12. The van der Waals surface area contributed by atoms with Crippen LogP contribution in [-0.4, -0.2) is 30.4 Å². The topological polar surface area (TPSA) is 98.8 Å². The van der Waals surface area contributed by atoms with E-state index in [1.54, 1.807) is 13.8 Å². The van der Waals surface area contributed by atoms with Gasteiger partial charge in [0, 0.05) is 0 Å². The number of carbonyl (C=O) groups excluding carboxylic acids is 1. The second-order valence-electron chi connectivity index (χ2n) is 3.15. The Bertz CT molecular complexity index is 242. The van der Waals surface area contributed by atoms with E-state index in [1.807, 2.05) is 0 Å². The van der Waals surface area contributed by atoms with Crippen molar-refractivity contribution in [3.63, 3.8) is 0 Å². The molecule has 0 aromatic heterocycles. The van der Waals surface area contributed by atoms with E-state index in [0.717, 1.165) is 7.11 Å². The smallest absolute Gasteiger partial charge is 0.345 e. The Kier molecular flexibility index (Phi) is 5.29. The lowest BCUT2D eigenvalue weighted by Crippen LogP contribution is -2.28. The molecule has 14 heavy (non-hydrogen) atoms. The number of esters is 1. The molecule has 0 saturated heterocycles. The molecule has 6 nitrogen and oxygen atoms in total. The summed E-state index contributed by atoms with van der Waals surface area (Å²) in [6, 6.07) is 0. The summed E-state index contributed by atoms with van der Waals surface area (Å²) in [5, 5.41) is 0. The first-order valence-electron chi connectivity index (χ1n) is 4.10. The maximum Gasteiger partial charge on any atom is 0.345 e. The van der Waals surface area contributed by atoms with E-state index >= 15 is 0 Å². The molecule has 0 saturated carbocycles. The zero-order chi connectivity index (χ0) is 11.4. The fourth-order valence-corrected chi connectivity index (χ4v) is 1.88. The van der Waals surface area contributed by atoms with Gasteiger partial charge in [0.15, 0.2) is 6.61 Å². The molecule has 2 unspecified atom stereocenters. The van der Waals surface area contributed by atoms with Crippen LogP contribution in [0.5, 0.6) is 0 Å². The van der Waals surface area contributed by atoms with Crippen molar-refractivity contribution in [1.82, 2.24) is 0 Å². The summed E-state index contributed by atoms with van der Waals surface area (Å²) in [5.74, 6) is -1.91. The third-order valence-electron chi connectivity index (χ3n) is 1.65. The van der Waals surface area contributed by atoms with Crippen LogP contribution < -0.4 is 5.73 Å². The van der Waals surface area contributed by atoms with Gasteiger partial charge in [-0.3, -0.25) is 9.09 Å². The average molecular weight is 225 g/mol. The van der Waals surface area contributed by atoms with Crippen LogP contribution in [0.1, 0.15) is 13.8 Å². The summed E-state index contributed by atoms with van der Waals surface area (Å²) >= 11 is 0. The molecule has 0 rings (SSSR count). The van der Waals surface area contributed by atoms with Crippen molar-refractivity contribution in [1.29, 1.82) is 0 Å². The SMILES string of the molecule is COC(=O)COP(=O)(O)C(N)C(C)C. The molecule has 0 aromatic rings. The summed E-state index contributed by atoms with van der Waals surface area (Å²) in [4.78, 5) is 19.9. The van der Waals surface area contributed by atoms with E-state index in [9.17, 15) is 14.3 Å². The van der Waals surface area contributed by atoms with Crippen LogP contribution in [0.3, 0.4) is 0 Å². The van der Waals surface area contributed by atoms with Gasteiger partial charge < -0.3 is 15.4 Å². The van der Waals surface area contributed by atoms with Gasteiger partial charge in [0.05, 0.1) is 7.11 Å². The number of hydrogen-bond donors (Lipinski definition) is 2. The van der Waals surface area contributed by atoms with E-state index in [1.165, 1.54) is 0 Å². The minimum Gasteiger partial charge on any atom is -0.467 e. The molecular formula is C7H16NO5P. The molecule has 0 fully saturated rings. The van der Waals surface area contributed by atoms with Gasteiger partial charge in [-0.25, -0.2) is 4.79 Å². The van der Waals surface area contributed by atoms with Gasteiger partial charge in [0.2, 0.25) is 0 Å². The highest BCUT2D eigenvalue weighted by Crippen LogP contribution is 2.47. The van der Waals surface area contributed by atoms with Crippen molar-refractivity contribution in [3.05, 3.63) is 0 Å². The Morgan fingerprint density at radius 3 is 2.43 bits per heavy atom. The Balaban J connectivity index is 4.21. The number of hydrogen-bond acceptors (Lipinski definition) is 5. The van der Waals surface area contributed by atoms with Gasteiger partial charge in [0.25, 0.3) is 0 Å². The zero-order valence-electron chi connectivity index (χ0n) is 8.47. The zero-order valence-corrected chi connectivity index (χ0v) is 9.36. The highest BCUT2D eigenvalue weighted by molar-refractivity contribution is 7.53. The lowest BCUT2D eigenvalue weighted by molar-refractivity contribution is -0.143. The summed E-state index contributed by atoms with van der Waals surface area (Å²) in [6.07, 6.45) is 0. The molecule has 0 spiro atoms. The van der Waals surface area contributed by atoms with Crippen LogP contribution in [0.2, 0.25) is 0 Å². The Hall–Kier alpha value is -0.420.